The van der Waals surface area contributed by atoms with Crippen LogP contribution in [-0.2, 0) is 11.0 Å². The van der Waals surface area contributed by atoms with Crippen LogP contribution in [0.4, 0.5) is 0 Å². The van der Waals surface area contributed by atoms with E-state index in [-0.39, 0.29) is 22.0 Å². The van der Waals surface area contributed by atoms with Gasteiger partial charge in [0.1, 0.15) is 11.5 Å². The number of rotatable bonds is 7. The molecule has 24 heavy (non-hydrogen) atoms. The van der Waals surface area contributed by atoms with Gasteiger partial charge in [0.2, 0.25) is 0 Å². The highest BCUT2D eigenvalue weighted by molar-refractivity contribution is 8.54. The molecule has 0 spiro atoms. The van der Waals surface area contributed by atoms with Crippen LogP contribution >= 0.6 is 18.2 Å². The molecule has 2 aromatic carbocycles. The van der Waals surface area contributed by atoms with Gasteiger partial charge < -0.3 is 25.1 Å². The Labute approximate surface area is 143 Å². The normalized spacial score (nSPS) is 13.0. The lowest BCUT2D eigenvalue weighted by Gasteiger charge is -2.17. The molecule has 0 radical (unpaired) electrons. The minimum Gasteiger partial charge on any atom is -0.508 e. The Hall–Kier alpha value is -1.50. The summed E-state index contributed by atoms with van der Waals surface area (Å²) in [5, 5.41) is 29.7. The van der Waals surface area contributed by atoms with Gasteiger partial charge in [0.15, 0.2) is 0 Å². The summed E-state index contributed by atoms with van der Waals surface area (Å²) < 4.78 is 11.2. The van der Waals surface area contributed by atoms with E-state index in [9.17, 15) is 19.9 Å². The molecule has 0 aromatic heterocycles. The van der Waals surface area contributed by atoms with E-state index in [1.54, 1.807) is 18.2 Å². The van der Waals surface area contributed by atoms with Crippen LogP contribution in [0.1, 0.15) is 30.1 Å². The molecule has 0 amide bonds. The summed E-state index contributed by atoms with van der Waals surface area (Å²) in [5.41, 5.74) is 1.05. The van der Waals surface area contributed by atoms with E-state index in [1.165, 1.54) is 18.2 Å². The molecular weight excluding hydrogens is 351 g/mol. The van der Waals surface area contributed by atoms with Gasteiger partial charge in [-0.05, 0) is 60.5 Å². The molecule has 0 bridgehead atoms. The molecule has 0 fully saturated rings. The Bertz CT molecular complexity index is 745. The molecule has 8 heteroatoms. The van der Waals surface area contributed by atoms with Crippen LogP contribution in [0.25, 0.3) is 0 Å². The minimum atomic E-state index is -4.39. The van der Waals surface area contributed by atoms with Crippen molar-refractivity contribution in [2.24, 2.45) is 0 Å². The number of aliphatic hydroxyl groups is 1. The molecule has 2 aromatic rings. The number of aromatic hydroxyl groups is 2. The van der Waals surface area contributed by atoms with Gasteiger partial charge in [-0.2, -0.15) is 0 Å². The number of benzene rings is 2. The Morgan fingerprint density at radius 2 is 1.79 bits per heavy atom. The summed E-state index contributed by atoms with van der Waals surface area (Å²) in [4.78, 5) is 18.4. The first-order chi connectivity index (χ1) is 11.3. The molecule has 6 nitrogen and oxygen atoms in total. The lowest BCUT2D eigenvalue weighted by atomic mass is 10.0. The van der Waals surface area contributed by atoms with Gasteiger partial charge in [0.05, 0.1) is 6.10 Å². The van der Waals surface area contributed by atoms with Crippen LogP contribution in [0.15, 0.2) is 47.4 Å². The number of hydrogen-bond donors (Lipinski definition) is 5. The monoisotopic (exact) mass is 370 g/mol. The van der Waals surface area contributed by atoms with Gasteiger partial charge in [-0.15, -0.1) is 0 Å². The average Bonchev–Trinajstić information content (AvgIpc) is 2.45. The summed E-state index contributed by atoms with van der Waals surface area (Å²) in [5.74, 6) is -0.0209. The van der Waals surface area contributed by atoms with Crippen LogP contribution in [0.2, 0.25) is 0 Å². The van der Waals surface area contributed by atoms with Crippen LogP contribution in [0.3, 0.4) is 0 Å². The Morgan fingerprint density at radius 1 is 1.08 bits per heavy atom. The number of hydrogen-bond acceptors (Lipinski definition) is 5. The third-order valence-electron chi connectivity index (χ3n) is 3.45. The van der Waals surface area contributed by atoms with Gasteiger partial charge in [0.25, 0.3) is 0 Å². The number of aryl methyl sites for hydroxylation is 1. The summed E-state index contributed by atoms with van der Waals surface area (Å²) in [6.07, 6.45) is 0.471. The average molecular weight is 370 g/mol. The third-order valence-corrected chi connectivity index (χ3v) is 5.54. The summed E-state index contributed by atoms with van der Waals surface area (Å²) in [6.45, 7) is -4.39. The SMILES string of the molecule is O=P(O)(O)Sc1cccc(O)c1C(O)CCCc1cccc(O)c1. The van der Waals surface area contributed by atoms with E-state index in [2.05, 4.69) is 0 Å². The van der Waals surface area contributed by atoms with Gasteiger partial charge >= 0.3 is 6.80 Å². The maximum absolute atomic E-state index is 11.2. The number of phenols is 2. The third kappa shape index (κ3) is 5.54. The highest BCUT2D eigenvalue weighted by Gasteiger charge is 2.23. The van der Waals surface area contributed by atoms with Crippen molar-refractivity contribution in [3.05, 3.63) is 53.6 Å². The Morgan fingerprint density at radius 3 is 2.46 bits per heavy atom. The van der Waals surface area contributed by atoms with Crippen molar-refractivity contribution in [1.29, 1.82) is 0 Å². The zero-order chi connectivity index (χ0) is 17.7. The van der Waals surface area contributed by atoms with Crippen LogP contribution in [0.5, 0.6) is 11.5 Å². The van der Waals surface area contributed by atoms with Gasteiger partial charge in [-0.3, -0.25) is 0 Å². The second-order valence-corrected chi connectivity index (χ2v) is 8.93. The summed E-state index contributed by atoms with van der Waals surface area (Å²) in [6, 6.07) is 11.1. The van der Waals surface area contributed by atoms with Crippen molar-refractivity contribution in [3.63, 3.8) is 0 Å². The second kappa shape index (κ2) is 8.05. The highest BCUT2D eigenvalue weighted by Crippen LogP contribution is 2.56. The largest absolute Gasteiger partial charge is 0.508 e. The minimum absolute atomic E-state index is 0.127. The fraction of sp³-hybridized carbons (Fsp3) is 0.250. The second-order valence-electron chi connectivity index (χ2n) is 5.35. The maximum atomic E-state index is 11.2. The summed E-state index contributed by atoms with van der Waals surface area (Å²) in [7, 11) is 0. The predicted molar refractivity (Wildman–Crippen MR) is 92.0 cm³/mol. The molecule has 0 aliphatic heterocycles. The van der Waals surface area contributed by atoms with Crippen molar-refractivity contribution in [3.8, 4) is 11.5 Å². The standard InChI is InChI=1S/C16H19O6PS/c17-12-6-1-4-11(10-12)5-2-7-13(18)16-14(19)8-3-9-15(16)24-23(20,21)22/h1,3-4,6,8-10,13,17-19H,2,5,7H2,(H2,20,21,22). The maximum Gasteiger partial charge on any atom is 0.388 e. The topological polar surface area (TPSA) is 118 Å². The molecule has 130 valence electrons. The molecule has 2 rings (SSSR count). The van der Waals surface area contributed by atoms with E-state index >= 15 is 0 Å². The van der Waals surface area contributed by atoms with E-state index in [0.717, 1.165) is 5.56 Å². The van der Waals surface area contributed by atoms with Crippen molar-refractivity contribution in [2.75, 3.05) is 0 Å². The van der Waals surface area contributed by atoms with Crippen molar-refractivity contribution in [2.45, 2.75) is 30.3 Å². The first kappa shape index (κ1) is 18.8. The molecular formula is C16H19O6PS. The van der Waals surface area contributed by atoms with Crippen LogP contribution in [-0.4, -0.2) is 25.1 Å². The molecule has 0 saturated heterocycles. The Balaban J connectivity index is 2.06. The molecule has 0 saturated carbocycles. The quantitative estimate of drug-likeness (QED) is 0.474. The van der Waals surface area contributed by atoms with E-state index in [0.29, 0.717) is 30.6 Å². The van der Waals surface area contributed by atoms with Gasteiger partial charge in [-0.25, -0.2) is 4.57 Å². The molecule has 0 aliphatic carbocycles. The molecule has 5 N–H and O–H groups in total. The molecule has 0 aliphatic rings. The predicted octanol–water partition coefficient (Wildman–Crippen LogP) is 3.34. The molecule has 0 heterocycles. The van der Waals surface area contributed by atoms with Gasteiger partial charge in [0, 0.05) is 10.5 Å². The first-order valence-corrected chi connectivity index (χ1v) is 10.3. The fourth-order valence-electron chi connectivity index (χ4n) is 2.43. The molecule has 1 unspecified atom stereocenters. The number of phenolic OH excluding ortho intramolecular Hbond substituents is 2. The van der Waals surface area contributed by atoms with Gasteiger partial charge in [-0.1, -0.05) is 18.2 Å². The number of aliphatic hydroxyl groups excluding tert-OH is 1. The van der Waals surface area contributed by atoms with Crippen molar-refractivity contribution >= 4 is 18.2 Å². The fourth-order valence-corrected chi connectivity index (χ4v) is 4.41. The van der Waals surface area contributed by atoms with Crippen molar-refractivity contribution < 1.29 is 29.7 Å². The molecule has 1 atom stereocenters. The Kier molecular flexibility index (Phi) is 6.32. The first-order valence-electron chi connectivity index (χ1n) is 7.29. The zero-order valence-corrected chi connectivity index (χ0v) is 14.5. The van der Waals surface area contributed by atoms with E-state index in [1.807, 2.05) is 6.07 Å². The zero-order valence-electron chi connectivity index (χ0n) is 12.7. The van der Waals surface area contributed by atoms with E-state index < -0.39 is 12.9 Å². The lowest BCUT2D eigenvalue weighted by molar-refractivity contribution is 0.158. The summed E-state index contributed by atoms with van der Waals surface area (Å²) >= 11 is 0.315. The highest BCUT2D eigenvalue weighted by atomic mass is 32.7. The van der Waals surface area contributed by atoms with Crippen molar-refractivity contribution in [1.82, 2.24) is 0 Å². The lowest BCUT2D eigenvalue weighted by Crippen LogP contribution is -2.01. The smallest absolute Gasteiger partial charge is 0.388 e. The van der Waals surface area contributed by atoms with E-state index in [4.69, 9.17) is 9.79 Å². The van der Waals surface area contributed by atoms with Crippen LogP contribution < -0.4 is 0 Å². The van der Waals surface area contributed by atoms with Crippen LogP contribution in [0, 0.1) is 0 Å².